The second-order valence-electron chi connectivity index (χ2n) is 5.36. The average molecular weight is 333 g/mol. The number of sulfonamides is 1. The van der Waals surface area contributed by atoms with Crippen LogP contribution in [0.5, 0.6) is 0 Å². The Hall–Kier alpha value is -0.730. The van der Waals surface area contributed by atoms with Gasteiger partial charge in [0.15, 0.2) is 0 Å². The van der Waals surface area contributed by atoms with Crippen molar-refractivity contribution in [2.24, 2.45) is 0 Å². The van der Waals surface area contributed by atoms with E-state index >= 15 is 0 Å². The van der Waals surface area contributed by atoms with Crippen LogP contribution in [-0.4, -0.2) is 80.9 Å². The monoisotopic (exact) mass is 332 g/mol. The molecular formula is C13H21ClN4O2S. The molecule has 0 aliphatic carbocycles. The van der Waals surface area contributed by atoms with Gasteiger partial charge in [0.1, 0.15) is 5.15 Å². The fourth-order valence-electron chi connectivity index (χ4n) is 2.23. The van der Waals surface area contributed by atoms with E-state index in [4.69, 9.17) is 11.6 Å². The number of pyridine rings is 1. The molecule has 6 nitrogen and oxygen atoms in total. The van der Waals surface area contributed by atoms with Crippen LogP contribution in [0.3, 0.4) is 0 Å². The molecule has 0 N–H and O–H groups in total. The van der Waals surface area contributed by atoms with Crippen LogP contribution in [0.25, 0.3) is 0 Å². The Bertz CT molecular complexity index is 571. The molecule has 0 amide bonds. The van der Waals surface area contributed by atoms with Gasteiger partial charge in [-0.25, -0.2) is 13.4 Å². The quantitative estimate of drug-likeness (QED) is 0.739. The molecule has 8 heteroatoms. The minimum atomic E-state index is -3.47. The van der Waals surface area contributed by atoms with Gasteiger partial charge in [-0.15, -0.1) is 0 Å². The first-order chi connectivity index (χ1) is 9.89. The predicted octanol–water partition coefficient (Wildman–Crippen LogP) is 0.603. The van der Waals surface area contributed by atoms with Gasteiger partial charge in [0, 0.05) is 45.5 Å². The van der Waals surface area contributed by atoms with Gasteiger partial charge in [0.2, 0.25) is 10.0 Å². The van der Waals surface area contributed by atoms with Crippen molar-refractivity contribution in [3.63, 3.8) is 0 Å². The van der Waals surface area contributed by atoms with Crippen LogP contribution in [0.1, 0.15) is 0 Å². The van der Waals surface area contributed by atoms with Gasteiger partial charge < -0.3 is 4.90 Å². The second kappa shape index (κ2) is 7.02. The Morgan fingerprint density at radius 2 is 1.95 bits per heavy atom. The molecule has 21 heavy (non-hydrogen) atoms. The van der Waals surface area contributed by atoms with Gasteiger partial charge in [-0.1, -0.05) is 11.6 Å². The van der Waals surface area contributed by atoms with Crippen molar-refractivity contribution >= 4 is 21.6 Å². The molecule has 2 rings (SSSR count). The largest absolute Gasteiger partial charge is 0.308 e. The first kappa shape index (κ1) is 16.6. The van der Waals surface area contributed by atoms with Crippen LogP contribution < -0.4 is 0 Å². The molecule has 0 radical (unpaired) electrons. The Morgan fingerprint density at radius 3 is 2.52 bits per heavy atom. The van der Waals surface area contributed by atoms with Gasteiger partial charge in [0.05, 0.1) is 4.90 Å². The highest BCUT2D eigenvalue weighted by Crippen LogP contribution is 2.19. The summed E-state index contributed by atoms with van der Waals surface area (Å²) in [6, 6.07) is 2.88. The van der Waals surface area contributed by atoms with E-state index in [-0.39, 0.29) is 10.0 Å². The van der Waals surface area contributed by atoms with Gasteiger partial charge >= 0.3 is 0 Å². The van der Waals surface area contributed by atoms with E-state index in [2.05, 4.69) is 14.8 Å². The highest BCUT2D eigenvalue weighted by molar-refractivity contribution is 7.89. The second-order valence-corrected chi connectivity index (χ2v) is 7.69. The van der Waals surface area contributed by atoms with Crippen molar-refractivity contribution in [1.29, 1.82) is 0 Å². The zero-order valence-corrected chi connectivity index (χ0v) is 13.9. The maximum atomic E-state index is 12.5. The maximum absolute atomic E-state index is 12.5. The SMILES string of the molecule is CN(C)CCN1CCN(S(=O)(=O)c2ccnc(Cl)c2)CC1. The number of hydrogen-bond acceptors (Lipinski definition) is 5. The standard InChI is InChI=1S/C13H21ClN4O2S/c1-16(2)5-6-17-7-9-18(10-8-17)21(19,20)12-3-4-15-13(14)11-12/h3-4,11H,5-10H2,1-2H3. The third-order valence-electron chi connectivity index (χ3n) is 3.53. The maximum Gasteiger partial charge on any atom is 0.243 e. The lowest BCUT2D eigenvalue weighted by atomic mass is 10.3. The molecule has 0 unspecified atom stereocenters. The number of hydrogen-bond donors (Lipinski definition) is 0. The fourth-order valence-corrected chi connectivity index (χ4v) is 3.90. The van der Waals surface area contributed by atoms with Gasteiger partial charge in [-0.3, -0.25) is 4.90 Å². The number of likely N-dealkylation sites (N-methyl/N-ethyl adjacent to an activating group) is 1. The van der Waals surface area contributed by atoms with Crippen molar-refractivity contribution in [3.05, 3.63) is 23.5 Å². The summed E-state index contributed by atoms with van der Waals surface area (Å²) in [6.07, 6.45) is 1.42. The van der Waals surface area contributed by atoms with E-state index in [0.717, 1.165) is 26.2 Å². The van der Waals surface area contributed by atoms with Gasteiger partial charge in [-0.2, -0.15) is 4.31 Å². The van der Waals surface area contributed by atoms with E-state index in [1.165, 1.54) is 22.6 Å². The van der Waals surface area contributed by atoms with Gasteiger partial charge in [-0.05, 0) is 26.2 Å². The first-order valence-corrected chi connectivity index (χ1v) is 8.70. The summed E-state index contributed by atoms with van der Waals surface area (Å²) in [5.41, 5.74) is 0. The lowest BCUT2D eigenvalue weighted by Crippen LogP contribution is -2.49. The molecular weight excluding hydrogens is 312 g/mol. The number of piperazine rings is 1. The Balaban J connectivity index is 1.98. The minimum Gasteiger partial charge on any atom is -0.308 e. The summed E-state index contributed by atoms with van der Waals surface area (Å²) in [5, 5.41) is 0.195. The Kier molecular flexibility index (Phi) is 5.56. The molecule has 0 spiro atoms. The fraction of sp³-hybridized carbons (Fsp3) is 0.615. The smallest absolute Gasteiger partial charge is 0.243 e. The summed E-state index contributed by atoms with van der Waals surface area (Å²) in [7, 11) is 0.604. The molecule has 1 aromatic rings. The zero-order valence-electron chi connectivity index (χ0n) is 12.4. The average Bonchev–Trinajstić information content (AvgIpc) is 2.45. The zero-order chi connectivity index (χ0) is 15.5. The molecule has 1 aliphatic heterocycles. The molecule has 0 saturated carbocycles. The van der Waals surface area contributed by atoms with E-state index in [1.54, 1.807) is 0 Å². The van der Waals surface area contributed by atoms with Crippen molar-refractivity contribution in [2.45, 2.75) is 4.90 Å². The van der Waals surface area contributed by atoms with Gasteiger partial charge in [0.25, 0.3) is 0 Å². The van der Waals surface area contributed by atoms with Crippen LogP contribution >= 0.6 is 11.6 Å². The number of aromatic nitrogens is 1. The van der Waals surface area contributed by atoms with Crippen molar-refractivity contribution in [1.82, 2.24) is 19.1 Å². The van der Waals surface area contributed by atoms with Crippen LogP contribution in [0, 0.1) is 0 Å². The third-order valence-corrected chi connectivity index (χ3v) is 5.63. The molecule has 2 heterocycles. The normalized spacial score (nSPS) is 18.3. The summed E-state index contributed by atoms with van der Waals surface area (Å²) in [6.45, 7) is 4.47. The summed E-state index contributed by atoms with van der Waals surface area (Å²) in [4.78, 5) is 8.44. The Morgan fingerprint density at radius 1 is 1.29 bits per heavy atom. The van der Waals surface area contributed by atoms with E-state index < -0.39 is 10.0 Å². The number of rotatable bonds is 5. The molecule has 0 aromatic carbocycles. The molecule has 0 atom stereocenters. The van der Waals surface area contributed by atoms with E-state index in [0.29, 0.717) is 13.1 Å². The van der Waals surface area contributed by atoms with Crippen LogP contribution in [0.4, 0.5) is 0 Å². The Labute approximate surface area is 131 Å². The van der Waals surface area contributed by atoms with Crippen LogP contribution in [0.2, 0.25) is 5.15 Å². The first-order valence-electron chi connectivity index (χ1n) is 6.88. The summed E-state index contributed by atoms with van der Waals surface area (Å²) >= 11 is 5.78. The number of nitrogens with zero attached hydrogens (tertiary/aromatic N) is 4. The highest BCUT2D eigenvalue weighted by Gasteiger charge is 2.28. The predicted molar refractivity (Wildman–Crippen MR) is 83.0 cm³/mol. The summed E-state index contributed by atoms with van der Waals surface area (Å²) in [5.74, 6) is 0. The molecule has 1 fully saturated rings. The molecule has 1 aromatic heterocycles. The lowest BCUT2D eigenvalue weighted by Gasteiger charge is -2.34. The van der Waals surface area contributed by atoms with Crippen molar-refractivity contribution < 1.29 is 8.42 Å². The van der Waals surface area contributed by atoms with E-state index in [9.17, 15) is 8.42 Å². The number of halogens is 1. The van der Waals surface area contributed by atoms with Crippen LogP contribution in [0.15, 0.2) is 23.2 Å². The molecule has 1 aliphatic rings. The highest BCUT2D eigenvalue weighted by atomic mass is 35.5. The molecule has 1 saturated heterocycles. The minimum absolute atomic E-state index is 0.195. The summed E-state index contributed by atoms with van der Waals surface area (Å²) < 4.78 is 26.6. The van der Waals surface area contributed by atoms with Crippen LogP contribution in [-0.2, 0) is 10.0 Å². The molecule has 118 valence electrons. The van der Waals surface area contributed by atoms with Crippen molar-refractivity contribution in [3.8, 4) is 0 Å². The van der Waals surface area contributed by atoms with Crippen molar-refractivity contribution in [2.75, 3.05) is 53.4 Å². The lowest BCUT2D eigenvalue weighted by molar-refractivity contribution is 0.174. The topological polar surface area (TPSA) is 56.8 Å². The molecule has 0 bridgehead atoms. The van der Waals surface area contributed by atoms with E-state index in [1.807, 2.05) is 14.1 Å². The third kappa shape index (κ3) is 4.37.